The van der Waals surface area contributed by atoms with E-state index in [2.05, 4.69) is 63.8 Å². The van der Waals surface area contributed by atoms with Crippen LogP contribution >= 0.6 is 0 Å². The second-order valence-corrected chi connectivity index (χ2v) is 5.27. The molecule has 3 rings (SSSR count). The molecule has 2 aromatic carbocycles. The molecular formula is C18H20N4. The van der Waals surface area contributed by atoms with Gasteiger partial charge in [0.15, 0.2) is 0 Å². The lowest BCUT2D eigenvalue weighted by Crippen LogP contribution is -2.23. The first-order chi connectivity index (χ1) is 10.9. The van der Waals surface area contributed by atoms with E-state index in [9.17, 15) is 0 Å². The minimum Gasteiger partial charge on any atom is -0.300 e. The van der Waals surface area contributed by atoms with Crippen LogP contribution in [0.4, 0.5) is 0 Å². The fraction of sp³-hybridized carbons (Fsp3) is 0.222. The van der Waals surface area contributed by atoms with Crippen molar-refractivity contribution < 1.29 is 0 Å². The van der Waals surface area contributed by atoms with Crippen LogP contribution in [0.3, 0.4) is 0 Å². The lowest BCUT2D eigenvalue weighted by molar-refractivity contribution is 0.578. The zero-order valence-corrected chi connectivity index (χ0v) is 12.7. The van der Waals surface area contributed by atoms with Crippen LogP contribution in [0.15, 0.2) is 60.9 Å². The minimum absolute atomic E-state index is 0.00884. The predicted molar refractivity (Wildman–Crippen MR) is 87.3 cm³/mol. The molecule has 4 nitrogen and oxygen atoms in total. The molecule has 0 saturated heterocycles. The summed E-state index contributed by atoms with van der Waals surface area (Å²) in [6.07, 6.45) is 2.61. The lowest BCUT2D eigenvalue weighted by atomic mass is 10.1. The average molecular weight is 292 g/mol. The number of nitrogens with zero attached hydrogens (tertiary/aromatic N) is 2. The summed E-state index contributed by atoms with van der Waals surface area (Å²) in [5, 5.41) is 10.5. The number of aromatic amines is 1. The average Bonchev–Trinajstić information content (AvgIpc) is 3.11. The van der Waals surface area contributed by atoms with Crippen molar-refractivity contribution in [3.8, 4) is 0 Å². The van der Waals surface area contributed by atoms with E-state index in [1.165, 1.54) is 16.7 Å². The summed E-state index contributed by atoms with van der Waals surface area (Å²) in [7, 11) is 0. The van der Waals surface area contributed by atoms with Crippen LogP contribution in [0.25, 0.3) is 0 Å². The largest absolute Gasteiger partial charge is 0.300 e. The van der Waals surface area contributed by atoms with Gasteiger partial charge in [-0.3, -0.25) is 10.4 Å². The Morgan fingerprint density at radius 3 is 2.36 bits per heavy atom. The van der Waals surface area contributed by atoms with Crippen molar-refractivity contribution in [2.24, 2.45) is 0 Å². The zero-order valence-electron chi connectivity index (χ0n) is 12.7. The standard InChI is InChI=1S/C18H20N4/c1-2-14-8-10-15(11-9-14)12-19-17(18-20-13-21-22-18)16-6-4-3-5-7-16/h3-11,13,17,19H,2,12H2,1H3,(H,20,21,22)/t17-/m1/s1. The molecule has 0 radical (unpaired) electrons. The number of aromatic nitrogens is 3. The van der Waals surface area contributed by atoms with E-state index in [0.29, 0.717) is 0 Å². The molecule has 1 heterocycles. The van der Waals surface area contributed by atoms with Gasteiger partial charge in [-0.2, -0.15) is 5.10 Å². The van der Waals surface area contributed by atoms with E-state index in [-0.39, 0.29) is 6.04 Å². The van der Waals surface area contributed by atoms with Crippen molar-refractivity contribution in [2.45, 2.75) is 25.9 Å². The van der Waals surface area contributed by atoms with Gasteiger partial charge in [0.1, 0.15) is 12.2 Å². The molecule has 0 bridgehead atoms. The van der Waals surface area contributed by atoms with Gasteiger partial charge in [0.2, 0.25) is 0 Å². The third kappa shape index (κ3) is 3.40. The van der Waals surface area contributed by atoms with E-state index in [1.807, 2.05) is 18.2 Å². The van der Waals surface area contributed by atoms with Crippen molar-refractivity contribution in [1.82, 2.24) is 20.5 Å². The summed E-state index contributed by atoms with van der Waals surface area (Å²) < 4.78 is 0. The third-order valence-electron chi connectivity index (χ3n) is 3.78. The maximum absolute atomic E-state index is 4.30. The number of benzene rings is 2. The highest BCUT2D eigenvalue weighted by molar-refractivity contribution is 5.26. The van der Waals surface area contributed by atoms with E-state index in [0.717, 1.165) is 18.8 Å². The Hall–Kier alpha value is -2.46. The number of hydrogen-bond donors (Lipinski definition) is 2. The van der Waals surface area contributed by atoms with Gasteiger partial charge in [0.25, 0.3) is 0 Å². The molecular weight excluding hydrogens is 272 g/mol. The normalized spacial score (nSPS) is 12.2. The molecule has 4 heteroatoms. The fourth-order valence-electron chi connectivity index (χ4n) is 2.48. The topological polar surface area (TPSA) is 53.6 Å². The Bertz CT molecular complexity index is 675. The molecule has 3 aromatic rings. The van der Waals surface area contributed by atoms with Gasteiger partial charge in [-0.15, -0.1) is 0 Å². The zero-order chi connectivity index (χ0) is 15.2. The molecule has 0 spiro atoms. The number of nitrogens with one attached hydrogen (secondary N) is 2. The summed E-state index contributed by atoms with van der Waals surface area (Å²) >= 11 is 0. The van der Waals surface area contributed by atoms with Gasteiger partial charge < -0.3 is 0 Å². The van der Waals surface area contributed by atoms with Crippen molar-refractivity contribution in [1.29, 1.82) is 0 Å². The molecule has 1 aromatic heterocycles. The highest BCUT2D eigenvalue weighted by Gasteiger charge is 2.16. The maximum atomic E-state index is 4.30. The van der Waals surface area contributed by atoms with Crippen LogP contribution in [0.5, 0.6) is 0 Å². The Kier molecular flexibility index (Phi) is 4.61. The van der Waals surface area contributed by atoms with Gasteiger partial charge in [-0.1, -0.05) is 61.5 Å². The molecule has 0 fully saturated rings. The van der Waals surface area contributed by atoms with Crippen LogP contribution in [-0.2, 0) is 13.0 Å². The first kappa shape index (κ1) is 14.5. The highest BCUT2D eigenvalue weighted by atomic mass is 15.2. The van der Waals surface area contributed by atoms with Gasteiger partial charge in [0, 0.05) is 6.54 Å². The summed E-state index contributed by atoms with van der Waals surface area (Å²) in [6, 6.07) is 19.0. The van der Waals surface area contributed by atoms with Crippen molar-refractivity contribution in [3.05, 3.63) is 83.4 Å². The fourth-order valence-corrected chi connectivity index (χ4v) is 2.48. The predicted octanol–water partition coefficient (Wildman–Crippen LogP) is 3.25. The van der Waals surface area contributed by atoms with Gasteiger partial charge >= 0.3 is 0 Å². The third-order valence-corrected chi connectivity index (χ3v) is 3.78. The van der Waals surface area contributed by atoms with Crippen LogP contribution in [0, 0.1) is 0 Å². The van der Waals surface area contributed by atoms with Crippen molar-refractivity contribution in [2.75, 3.05) is 0 Å². The van der Waals surface area contributed by atoms with Crippen LogP contribution < -0.4 is 5.32 Å². The smallest absolute Gasteiger partial charge is 0.145 e. The Morgan fingerprint density at radius 1 is 1.00 bits per heavy atom. The van der Waals surface area contributed by atoms with E-state index >= 15 is 0 Å². The molecule has 1 atom stereocenters. The molecule has 112 valence electrons. The molecule has 0 saturated carbocycles. The molecule has 0 unspecified atom stereocenters. The summed E-state index contributed by atoms with van der Waals surface area (Å²) in [5.74, 6) is 0.830. The monoisotopic (exact) mass is 292 g/mol. The van der Waals surface area contributed by atoms with Crippen LogP contribution in [-0.4, -0.2) is 15.2 Å². The maximum Gasteiger partial charge on any atom is 0.145 e. The number of aryl methyl sites for hydroxylation is 1. The number of H-pyrrole nitrogens is 1. The molecule has 22 heavy (non-hydrogen) atoms. The van der Waals surface area contributed by atoms with Crippen molar-refractivity contribution in [3.63, 3.8) is 0 Å². The van der Waals surface area contributed by atoms with Gasteiger partial charge in [-0.25, -0.2) is 4.98 Å². The Labute approximate surface area is 130 Å². The van der Waals surface area contributed by atoms with E-state index in [4.69, 9.17) is 0 Å². The Balaban J connectivity index is 1.76. The molecule has 0 amide bonds. The number of hydrogen-bond acceptors (Lipinski definition) is 3. The second kappa shape index (κ2) is 7.00. The first-order valence-corrected chi connectivity index (χ1v) is 7.58. The number of rotatable bonds is 6. The van der Waals surface area contributed by atoms with Crippen LogP contribution in [0.1, 0.15) is 35.5 Å². The summed E-state index contributed by atoms with van der Waals surface area (Å²) in [4.78, 5) is 4.30. The highest BCUT2D eigenvalue weighted by Crippen LogP contribution is 2.19. The van der Waals surface area contributed by atoms with Gasteiger partial charge in [-0.05, 0) is 23.1 Å². The molecule has 0 aliphatic rings. The van der Waals surface area contributed by atoms with E-state index < -0.39 is 0 Å². The van der Waals surface area contributed by atoms with Crippen LogP contribution in [0.2, 0.25) is 0 Å². The second-order valence-electron chi connectivity index (χ2n) is 5.27. The molecule has 0 aliphatic heterocycles. The SMILES string of the molecule is CCc1ccc(CN[C@H](c2ccccc2)c2ncn[nH]2)cc1. The summed E-state index contributed by atoms with van der Waals surface area (Å²) in [5.41, 5.74) is 3.79. The quantitative estimate of drug-likeness (QED) is 0.733. The molecule has 0 aliphatic carbocycles. The summed E-state index contributed by atoms with van der Waals surface area (Å²) in [6.45, 7) is 2.95. The first-order valence-electron chi connectivity index (χ1n) is 7.58. The Morgan fingerprint density at radius 2 is 1.73 bits per heavy atom. The molecule has 2 N–H and O–H groups in total. The lowest BCUT2D eigenvalue weighted by Gasteiger charge is -2.17. The van der Waals surface area contributed by atoms with E-state index in [1.54, 1.807) is 6.33 Å². The van der Waals surface area contributed by atoms with Gasteiger partial charge in [0.05, 0.1) is 6.04 Å². The minimum atomic E-state index is 0.00884. The van der Waals surface area contributed by atoms with Crippen molar-refractivity contribution >= 4 is 0 Å².